The second kappa shape index (κ2) is 17.4. The summed E-state index contributed by atoms with van der Waals surface area (Å²) >= 11 is 13.7. The first kappa shape index (κ1) is 39.7. The number of aliphatic carboxylic acids is 1. The maximum absolute atomic E-state index is 14.1. The standard InChI is InChI=1S/C46H36Cl2N4O6S/c47-37-14-5-29(17-38(37)48)25-57-36-12-10-33(11-13-36)43-45(54)50-39-19-34-20-41(52(23-30-15-16-59-26-30)24-35(34)21-42(39)58-43)44(53)51-40(46(55)56)18-27-1-6-31(7-2-27)32-8-3-28(22-49)4-9-32/h1-17,19,21,26,40-41,43H,18,20,23-25H2,(H,50,54)(H,51,53)(H,55,56)/t40-,41?,43?/m0/s1. The van der Waals surface area contributed by atoms with Crippen LogP contribution in [0.25, 0.3) is 11.1 Å². The third-order valence-electron chi connectivity index (χ3n) is 10.5. The highest BCUT2D eigenvalue weighted by Crippen LogP contribution is 2.40. The van der Waals surface area contributed by atoms with Crippen molar-refractivity contribution in [3.63, 3.8) is 0 Å². The van der Waals surface area contributed by atoms with Crippen LogP contribution in [0.1, 0.15) is 45.0 Å². The molecule has 0 saturated heterocycles. The second-order valence-corrected chi connectivity index (χ2v) is 16.1. The van der Waals surface area contributed by atoms with Crippen molar-refractivity contribution in [3.8, 4) is 28.7 Å². The van der Waals surface area contributed by atoms with E-state index in [9.17, 15) is 19.5 Å². The Morgan fingerprint density at radius 3 is 2.32 bits per heavy atom. The Labute approximate surface area is 354 Å². The van der Waals surface area contributed by atoms with Crippen LogP contribution in [0.15, 0.2) is 120 Å². The van der Waals surface area contributed by atoms with E-state index in [0.29, 0.717) is 64.5 Å². The van der Waals surface area contributed by atoms with Crippen LogP contribution < -0.4 is 20.1 Å². The normalized spacial score (nSPS) is 16.4. The van der Waals surface area contributed by atoms with E-state index in [-0.39, 0.29) is 12.3 Å². The minimum Gasteiger partial charge on any atom is -0.489 e. The maximum atomic E-state index is 14.1. The lowest BCUT2D eigenvalue weighted by atomic mass is 9.91. The molecule has 5 aromatic carbocycles. The van der Waals surface area contributed by atoms with Crippen LogP contribution in [0.5, 0.6) is 11.5 Å². The van der Waals surface area contributed by atoms with Gasteiger partial charge in [0.2, 0.25) is 12.0 Å². The number of fused-ring (bicyclic) bond motifs is 2. The number of amides is 2. The van der Waals surface area contributed by atoms with E-state index in [1.807, 2.05) is 76.3 Å². The first-order valence-electron chi connectivity index (χ1n) is 18.8. The molecule has 0 aliphatic carbocycles. The van der Waals surface area contributed by atoms with Crippen molar-refractivity contribution in [2.24, 2.45) is 0 Å². The minimum absolute atomic E-state index is 0.0923. The fourth-order valence-corrected chi connectivity index (χ4v) is 8.30. The lowest BCUT2D eigenvalue weighted by Crippen LogP contribution is -2.54. The van der Waals surface area contributed by atoms with E-state index in [1.165, 1.54) is 0 Å². The highest BCUT2D eigenvalue weighted by Gasteiger charge is 2.36. The molecule has 6 aromatic rings. The zero-order chi connectivity index (χ0) is 41.0. The molecule has 3 atom stereocenters. The summed E-state index contributed by atoms with van der Waals surface area (Å²) in [4.78, 5) is 42.1. The molecule has 3 heterocycles. The third-order valence-corrected chi connectivity index (χ3v) is 11.9. The maximum Gasteiger partial charge on any atom is 0.326 e. The number of nitrogens with zero attached hydrogens (tertiary/aromatic N) is 2. The van der Waals surface area contributed by atoms with E-state index in [0.717, 1.165) is 38.9 Å². The highest BCUT2D eigenvalue weighted by atomic mass is 35.5. The molecule has 0 bridgehead atoms. The molecule has 3 N–H and O–H groups in total. The zero-order valence-corrected chi connectivity index (χ0v) is 33.7. The lowest BCUT2D eigenvalue weighted by Gasteiger charge is -2.37. The summed E-state index contributed by atoms with van der Waals surface area (Å²) in [5, 5.41) is 30.1. The molecule has 59 heavy (non-hydrogen) atoms. The Kier molecular flexibility index (Phi) is 11.7. The first-order valence-corrected chi connectivity index (χ1v) is 20.5. The van der Waals surface area contributed by atoms with E-state index in [4.69, 9.17) is 37.9 Å². The number of carbonyl (C=O) groups is 3. The van der Waals surface area contributed by atoms with Crippen LogP contribution in [0.3, 0.4) is 0 Å². The van der Waals surface area contributed by atoms with Gasteiger partial charge in [0, 0.05) is 25.1 Å². The van der Waals surface area contributed by atoms with Crippen molar-refractivity contribution in [2.75, 3.05) is 5.32 Å². The quantitative estimate of drug-likeness (QED) is 0.111. The molecule has 1 aromatic heterocycles. The number of thiophene rings is 1. The number of hydrogen-bond donors (Lipinski definition) is 3. The zero-order valence-electron chi connectivity index (χ0n) is 31.4. The summed E-state index contributed by atoms with van der Waals surface area (Å²) in [6.07, 6.45) is -0.503. The number of hydrogen-bond acceptors (Lipinski definition) is 8. The number of nitrogens with one attached hydrogen (secondary N) is 2. The molecule has 8 rings (SSSR count). The van der Waals surface area contributed by atoms with Crippen molar-refractivity contribution in [2.45, 2.75) is 50.7 Å². The second-order valence-electron chi connectivity index (χ2n) is 14.5. The topological polar surface area (TPSA) is 141 Å². The molecule has 2 unspecified atom stereocenters. The number of carboxylic acids is 1. The number of carbonyl (C=O) groups excluding carboxylic acids is 2. The molecule has 2 aliphatic rings. The summed E-state index contributed by atoms with van der Waals surface area (Å²) in [7, 11) is 0. The predicted octanol–water partition coefficient (Wildman–Crippen LogP) is 8.98. The van der Waals surface area contributed by atoms with E-state index < -0.39 is 30.1 Å². The fraction of sp³-hybridized carbons (Fsp3) is 0.174. The van der Waals surface area contributed by atoms with Gasteiger partial charge in [-0.05, 0) is 111 Å². The van der Waals surface area contributed by atoms with E-state index in [2.05, 4.69) is 16.7 Å². The summed E-state index contributed by atoms with van der Waals surface area (Å²) < 4.78 is 12.2. The molecule has 0 fully saturated rings. The summed E-state index contributed by atoms with van der Waals surface area (Å²) in [5.41, 5.74) is 8.05. The van der Waals surface area contributed by atoms with Crippen molar-refractivity contribution >= 4 is 58.0 Å². The number of rotatable bonds is 12. The SMILES string of the molecule is N#Cc1ccc(-c2ccc(C[C@H](NC(=O)C3Cc4cc5c(cc4CN3Cc3ccsc3)OC(c3ccc(OCc4ccc(Cl)c(Cl)c4)cc3)C(=O)N5)C(=O)O)cc2)cc1. The van der Waals surface area contributed by atoms with Gasteiger partial charge in [-0.25, -0.2) is 4.79 Å². The van der Waals surface area contributed by atoms with Gasteiger partial charge in [-0.15, -0.1) is 0 Å². The molecule has 13 heteroatoms. The summed E-state index contributed by atoms with van der Waals surface area (Å²) in [6.45, 7) is 1.17. The number of ether oxygens (including phenoxy) is 2. The molecule has 10 nitrogen and oxygen atoms in total. The van der Waals surface area contributed by atoms with Crippen LogP contribution in [0.4, 0.5) is 5.69 Å². The van der Waals surface area contributed by atoms with Crippen molar-refractivity contribution in [1.29, 1.82) is 5.26 Å². The lowest BCUT2D eigenvalue weighted by molar-refractivity contribution is -0.142. The average Bonchev–Trinajstić information content (AvgIpc) is 3.76. The van der Waals surface area contributed by atoms with Gasteiger partial charge in [0.1, 0.15) is 24.1 Å². The number of halogens is 2. The Bertz CT molecular complexity index is 2560. The summed E-state index contributed by atoms with van der Waals surface area (Å²) in [6, 6.07) is 33.3. The van der Waals surface area contributed by atoms with Gasteiger partial charge >= 0.3 is 5.97 Å². The van der Waals surface area contributed by atoms with Gasteiger partial charge in [0.25, 0.3) is 5.91 Å². The monoisotopic (exact) mass is 842 g/mol. The summed E-state index contributed by atoms with van der Waals surface area (Å²) in [5.74, 6) is -0.735. The minimum atomic E-state index is -1.16. The van der Waals surface area contributed by atoms with Gasteiger partial charge in [-0.1, -0.05) is 77.8 Å². The third kappa shape index (κ3) is 9.12. The van der Waals surface area contributed by atoms with Crippen LogP contribution in [0.2, 0.25) is 10.0 Å². The molecular formula is C46H36Cl2N4O6S. The highest BCUT2D eigenvalue weighted by molar-refractivity contribution is 7.07. The number of anilines is 1. The molecular weight excluding hydrogens is 808 g/mol. The van der Waals surface area contributed by atoms with Gasteiger partial charge in [-0.2, -0.15) is 16.6 Å². The van der Waals surface area contributed by atoms with Crippen molar-refractivity contribution < 1.29 is 29.0 Å². The van der Waals surface area contributed by atoms with Gasteiger partial charge < -0.3 is 25.2 Å². The molecule has 2 aliphatic heterocycles. The van der Waals surface area contributed by atoms with Gasteiger partial charge in [-0.3, -0.25) is 14.5 Å². The number of benzene rings is 5. The predicted molar refractivity (Wildman–Crippen MR) is 227 cm³/mol. The largest absolute Gasteiger partial charge is 0.489 e. The molecule has 2 amide bonds. The van der Waals surface area contributed by atoms with E-state index in [1.54, 1.807) is 59.9 Å². The van der Waals surface area contributed by atoms with Crippen LogP contribution >= 0.6 is 34.5 Å². The Morgan fingerprint density at radius 2 is 1.64 bits per heavy atom. The van der Waals surface area contributed by atoms with Gasteiger partial charge in [0.05, 0.1) is 33.4 Å². The number of carboxylic acid groups (broad SMARTS) is 1. The molecule has 0 saturated carbocycles. The molecule has 296 valence electrons. The van der Waals surface area contributed by atoms with Crippen LogP contribution in [-0.4, -0.2) is 39.9 Å². The van der Waals surface area contributed by atoms with Crippen molar-refractivity contribution in [1.82, 2.24) is 10.2 Å². The Morgan fingerprint density at radius 1 is 0.915 bits per heavy atom. The Balaban J connectivity index is 0.962. The Hall–Kier alpha value is -6.16. The smallest absolute Gasteiger partial charge is 0.326 e. The number of nitriles is 1. The first-order chi connectivity index (χ1) is 28.6. The van der Waals surface area contributed by atoms with Crippen molar-refractivity contribution in [3.05, 3.63) is 169 Å². The molecule has 0 spiro atoms. The molecule has 0 radical (unpaired) electrons. The van der Waals surface area contributed by atoms with Crippen LogP contribution in [-0.2, 0) is 46.9 Å². The van der Waals surface area contributed by atoms with E-state index >= 15 is 0 Å². The van der Waals surface area contributed by atoms with Crippen LogP contribution in [0, 0.1) is 11.3 Å². The fourth-order valence-electron chi connectivity index (χ4n) is 7.31. The average molecular weight is 844 g/mol. The van der Waals surface area contributed by atoms with Gasteiger partial charge in [0.15, 0.2) is 0 Å².